The van der Waals surface area contributed by atoms with E-state index in [9.17, 15) is 0 Å². The Labute approximate surface area is 98.6 Å². The van der Waals surface area contributed by atoms with Crippen molar-refractivity contribution in [3.63, 3.8) is 0 Å². The molecule has 1 aromatic rings. The van der Waals surface area contributed by atoms with Crippen molar-refractivity contribution in [3.05, 3.63) is 0 Å². The zero-order chi connectivity index (χ0) is 10.3. The monoisotopic (exact) mass is 242 g/mol. The van der Waals surface area contributed by atoms with E-state index < -0.39 is 0 Å². The standard InChI is InChI=1S/C9H14N4S2/c14-5-9(3-4-9)6-15-8-10-11-12-13(8)7-1-2-7/h7,14H,1-6H2. The molecule has 0 unspecified atom stereocenters. The summed E-state index contributed by atoms with van der Waals surface area (Å²) in [6.45, 7) is 0. The van der Waals surface area contributed by atoms with Gasteiger partial charge in [-0.1, -0.05) is 11.8 Å². The number of hydrogen-bond acceptors (Lipinski definition) is 5. The van der Waals surface area contributed by atoms with Gasteiger partial charge >= 0.3 is 0 Å². The maximum atomic E-state index is 4.40. The summed E-state index contributed by atoms with van der Waals surface area (Å²) >= 11 is 6.20. The van der Waals surface area contributed by atoms with E-state index >= 15 is 0 Å². The molecule has 2 aliphatic carbocycles. The first-order valence-corrected chi connectivity index (χ1v) is 6.96. The van der Waals surface area contributed by atoms with Gasteiger partial charge in [-0.25, -0.2) is 4.68 Å². The average Bonchev–Trinajstić information content (AvgIpc) is 3.17. The number of thioether (sulfide) groups is 1. The number of aromatic nitrogens is 4. The Morgan fingerprint density at radius 3 is 2.87 bits per heavy atom. The maximum absolute atomic E-state index is 4.40. The Kier molecular flexibility index (Phi) is 2.43. The second-order valence-corrected chi connectivity index (χ2v) is 5.84. The van der Waals surface area contributed by atoms with Crippen molar-refractivity contribution in [1.82, 2.24) is 20.2 Å². The van der Waals surface area contributed by atoms with Crippen molar-refractivity contribution >= 4 is 24.4 Å². The third kappa shape index (κ3) is 2.01. The van der Waals surface area contributed by atoms with Crippen LogP contribution in [0.2, 0.25) is 0 Å². The lowest BCUT2D eigenvalue weighted by atomic mass is 10.2. The summed E-state index contributed by atoms with van der Waals surface area (Å²) in [6, 6.07) is 0.577. The zero-order valence-corrected chi connectivity index (χ0v) is 10.2. The van der Waals surface area contributed by atoms with E-state index in [-0.39, 0.29) is 0 Å². The topological polar surface area (TPSA) is 43.6 Å². The Balaban J connectivity index is 1.64. The van der Waals surface area contributed by atoms with Gasteiger partial charge in [0.2, 0.25) is 5.16 Å². The highest BCUT2D eigenvalue weighted by Crippen LogP contribution is 2.50. The summed E-state index contributed by atoms with van der Waals surface area (Å²) in [6.07, 6.45) is 5.09. The van der Waals surface area contributed by atoms with Gasteiger partial charge in [-0.15, -0.1) is 5.10 Å². The minimum Gasteiger partial charge on any atom is -0.217 e. The van der Waals surface area contributed by atoms with Crippen LogP contribution in [0.5, 0.6) is 0 Å². The van der Waals surface area contributed by atoms with Crippen molar-refractivity contribution in [1.29, 1.82) is 0 Å². The second-order valence-electron chi connectivity index (χ2n) is 4.58. The predicted octanol–water partition coefficient (Wildman–Crippen LogP) is 1.81. The highest BCUT2D eigenvalue weighted by atomic mass is 32.2. The molecule has 4 nitrogen and oxygen atoms in total. The molecule has 2 aliphatic rings. The Morgan fingerprint density at radius 1 is 1.47 bits per heavy atom. The van der Waals surface area contributed by atoms with Crippen molar-refractivity contribution in [2.24, 2.45) is 5.41 Å². The Hall–Kier alpha value is -0.230. The first kappa shape index (κ1) is 9.96. The van der Waals surface area contributed by atoms with Crippen molar-refractivity contribution < 1.29 is 0 Å². The number of rotatable bonds is 5. The minimum absolute atomic E-state index is 0.480. The SMILES string of the molecule is SCC1(CSc2nnnn2C2CC2)CC1. The van der Waals surface area contributed by atoms with Gasteiger partial charge in [0, 0.05) is 5.75 Å². The van der Waals surface area contributed by atoms with Gasteiger partial charge in [0.1, 0.15) is 0 Å². The summed E-state index contributed by atoms with van der Waals surface area (Å²) in [4.78, 5) is 0. The molecule has 0 amide bonds. The molecule has 0 radical (unpaired) electrons. The number of hydrogen-bond donors (Lipinski definition) is 1. The van der Waals surface area contributed by atoms with E-state index in [1.165, 1.54) is 25.7 Å². The van der Waals surface area contributed by atoms with Crippen LogP contribution in [0.3, 0.4) is 0 Å². The highest BCUT2D eigenvalue weighted by Gasteiger charge is 2.41. The molecular formula is C9H14N4S2. The van der Waals surface area contributed by atoms with E-state index in [4.69, 9.17) is 0 Å². The molecule has 6 heteroatoms. The molecule has 0 atom stereocenters. The summed E-state index contributed by atoms with van der Waals surface area (Å²) in [7, 11) is 0. The van der Waals surface area contributed by atoms with Gasteiger partial charge in [-0.05, 0) is 47.3 Å². The fourth-order valence-electron chi connectivity index (χ4n) is 1.57. The molecule has 1 aromatic heterocycles. The van der Waals surface area contributed by atoms with Crippen LogP contribution < -0.4 is 0 Å². The van der Waals surface area contributed by atoms with E-state index in [0.29, 0.717) is 11.5 Å². The minimum atomic E-state index is 0.480. The molecule has 82 valence electrons. The molecule has 0 spiro atoms. The quantitative estimate of drug-likeness (QED) is 0.632. The fraction of sp³-hybridized carbons (Fsp3) is 0.889. The van der Waals surface area contributed by atoms with E-state index in [0.717, 1.165) is 16.7 Å². The van der Waals surface area contributed by atoms with Gasteiger partial charge in [-0.2, -0.15) is 12.6 Å². The van der Waals surface area contributed by atoms with E-state index in [1.807, 2.05) is 4.68 Å². The molecule has 0 bridgehead atoms. The summed E-state index contributed by atoms with van der Waals surface area (Å²) in [5, 5.41) is 12.9. The van der Waals surface area contributed by atoms with Crippen LogP contribution in [-0.2, 0) is 0 Å². The largest absolute Gasteiger partial charge is 0.217 e. The normalized spacial score (nSPS) is 23.0. The lowest BCUT2D eigenvalue weighted by molar-refractivity contribution is 0.564. The predicted molar refractivity (Wildman–Crippen MR) is 62.3 cm³/mol. The molecule has 1 heterocycles. The highest BCUT2D eigenvalue weighted by molar-refractivity contribution is 7.99. The van der Waals surface area contributed by atoms with Crippen molar-refractivity contribution in [2.45, 2.75) is 36.9 Å². The second kappa shape index (κ2) is 3.66. The van der Waals surface area contributed by atoms with Gasteiger partial charge in [-0.3, -0.25) is 0 Å². The van der Waals surface area contributed by atoms with Gasteiger partial charge in [0.25, 0.3) is 0 Å². The average molecular weight is 242 g/mol. The molecule has 2 saturated carbocycles. The first-order valence-electron chi connectivity index (χ1n) is 5.35. The Morgan fingerprint density at radius 2 is 2.27 bits per heavy atom. The van der Waals surface area contributed by atoms with Crippen molar-refractivity contribution in [3.8, 4) is 0 Å². The van der Waals surface area contributed by atoms with E-state index in [1.54, 1.807) is 11.8 Å². The molecule has 2 fully saturated rings. The lowest BCUT2D eigenvalue weighted by Gasteiger charge is -2.09. The number of nitrogens with zero attached hydrogens (tertiary/aromatic N) is 4. The molecule has 0 aromatic carbocycles. The molecule has 3 rings (SSSR count). The molecular weight excluding hydrogens is 228 g/mol. The molecule has 0 aliphatic heterocycles. The van der Waals surface area contributed by atoms with Gasteiger partial charge in [0.15, 0.2) is 0 Å². The van der Waals surface area contributed by atoms with Crippen LogP contribution in [0, 0.1) is 5.41 Å². The van der Waals surface area contributed by atoms with Gasteiger partial charge in [0.05, 0.1) is 6.04 Å². The van der Waals surface area contributed by atoms with Crippen molar-refractivity contribution in [2.75, 3.05) is 11.5 Å². The van der Waals surface area contributed by atoms with Crippen LogP contribution in [0.15, 0.2) is 5.16 Å². The van der Waals surface area contributed by atoms with E-state index in [2.05, 4.69) is 28.2 Å². The lowest BCUT2D eigenvalue weighted by Crippen LogP contribution is -2.07. The zero-order valence-electron chi connectivity index (χ0n) is 8.46. The number of tetrazole rings is 1. The smallest absolute Gasteiger partial charge is 0.209 e. The molecule has 0 N–H and O–H groups in total. The third-order valence-corrected chi connectivity index (χ3v) is 5.11. The molecule has 0 saturated heterocycles. The summed E-state index contributed by atoms with van der Waals surface area (Å²) < 4.78 is 1.99. The Bertz CT molecular complexity index is 357. The summed E-state index contributed by atoms with van der Waals surface area (Å²) in [5.41, 5.74) is 0.480. The maximum Gasteiger partial charge on any atom is 0.209 e. The van der Waals surface area contributed by atoms with Crippen LogP contribution in [0.25, 0.3) is 0 Å². The first-order chi connectivity index (χ1) is 7.33. The fourth-order valence-corrected chi connectivity index (χ4v) is 3.39. The summed E-state index contributed by atoms with van der Waals surface area (Å²) in [5.74, 6) is 2.11. The molecule has 15 heavy (non-hydrogen) atoms. The van der Waals surface area contributed by atoms with Crippen LogP contribution in [0.4, 0.5) is 0 Å². The van der Waals surface area contributed by atoms with Crippen LogP contribution in [0.1, 0.15) is 31.7 Å². The third-order valence-electron chi connectivity index (χ3n) is 3.16. The number of thiol groups is 1. The van der Waals surface area contributed by atoms with Crippen LogP contribution in [-0.4, -0.2) is 31.7 Å². The van der Waals surface area contributed by atoms with Crippen LogP contribution >= 0.6 is 24.4 Å². The van der Waals surface area contributed by atoms with Gasteiger partial charge < -0.3 is 0 Å².